The molecule has 0 unspecified atom stereocenters. The van der Waals surface area contributed by atoms with Crippen LogP contribution < -0.4 is 5.56 Å². The Bertz CT molecular complexity index is 1600. The number of Topliss-reactive ketones (excluding diaryl/α,β-unsaturated/α-hetero) is 1. The van der Waals surface area contributed by atoms with E-state index in [0.717, 1.165) is 5.56 Å². The highest BCUT2D eigenvalue weighted by molar-refractivity contribution is 6.31. The molecule has 1 saturated heterocycles. The van der Waals surface area contributed by atoms with Gasteiger partial charge in [-0.3, -0.25) is 18.8 Å². The summed E-state index contributed by atoms with van der Waals surface area (Å²) in [5.41, 5.74) is 1.98. The van der Waals surface area contributed by atoms with Gasteiger partial charge in [-0.25, -0.2) is 4.79 Å². The molecule has 9 heteroatoms. The average Bonchev–Trinajstić information content (AvgIpc) is 3.30. The fourth-order valence-corrected chi connectivity index (χ4v) is 5.10. The molecule has 2 aromatic carbocycles. The number of ketones is 1. The van der Waals surface area contributed by atoms with E-state index in [1.54, 1.807) is 35.9 Å². The maximum absolute atomic E-state index is 13.9. The number of pyridine rings is 1. The normalized spacial score (nSPS) is 14.3. The quantitative estimate of drug-likeness (QED) is 0.234. The molecule has 196 valence electrons. The zero-order valence-corrected chi connectivity index (χ0v) is 22.2. The van der Waals surface area contributed by atoms with Crippen molar-refractivity contribution in [3.05, 3.63) is 87.1 Å². The number of carbonyl (C=O) groups is 2. The van der Waals surface area contributed by atoms with Crippen molar-refractivity contribution in [2.24, 2.45) is 5.41 Å². The molecule has 0 amide bonds. The molecule has 0 N–H and O–H groups in total. The van der Waals surface area contributed by atoms with E-state index in [1.165, 1.54) is 11.7 Å². The minimum atomic E-state index is -0.525. The Hall–Kier alpha value is -3.75. The molecule has 0 spiro atoms. The first-order chi connectivity index (χ1) is 18.2. The third-order valence-electron chi connectivity index (χ3n) is 6.86. The second-order valence-electron chi connectivity index (χ2n) is 9.92. The van der Waals surface area contributed by atoms with Crippen LogP contribution in [0.15, 0.2) is 59.4 Å². The SMILES string of the molecule is CCC(=O)c1c(-c2ccccc2)c2cc(Cl)ccc2c(=O)n1Cc1cc(C(=O)OC)n(CC2(C)COC2)n1. The molecule has 38 heavy (non-hydrogen) atoms. The number of halogens is 1. The summed E-state index contributed by atoms with van der Waals surface area (Å²) in [5, 5.41) is 6.19. The predicted octanol–water partition coefficient (Wildman–Crippen LogP) is 4.98. The summed E-state index contributed by atoms with van der Waals surface area (Å²) < 4.78 is 13.4. The molecular formula is C29H28ClN3O5. The van der Waals surface area contributed by atoms with Gasteiger partial charge in [0.1, 0.15) is 5.69 Å². The first-order valence-electron chi connectivity index (χ1n) is 12.4. The smallest absolute Gasteiger partial charge is 0.356 e. The molecule has 3 heterocycles. The molecule has 1 fully saturated rings. The van der Waals surface area contributed by atoms with E-state index < -0.39 is 5.97 Å². The summed E-state index contributed by atoms with van der Waals surface area (Å²) in [6.07, 6.45) is 0.200. The lowest BCUT2D eigenvalue weighted by molar-refractivity contribution is -0.111. The topological polar surface area (TPSA) is 92.4 Å². The monoisotopic (exact) mass is 533 g/mol. The molecule has 0 saturated carbocycles. The summed E-state index contributed by atoms with van der Waals surface area (Å²) in [6, 6.07) is 16.2. The van der Waals surface area contributed by atoms with Gasteiger partial charge in [-0.05, 0) is 35.2 Å². The van der Waals surface area contributed by atoms with E-state index in [0.29, 0.717) is 46.8 Å². The van der Waals surface area contributed by atoms with Crippen LogP contribution in [-0.2, 0) is 22.6 Å². The lowest BCUT2D eigenvalue weighted by atomic mass is 9.89. The number of nitrogens with zero attached hydrogens (tertiary/aromatic N) is 3. The average molecular weight is 534 g/mol. The van der Waals surface area contributed by atoms with Crippen molar-refractivity contribution in [1.29, 1.82) is 0 Å². The second kappa shape index (κ2) is 10.2. The van der Waals surface area contributed by atoms with Crippen molar-refractivity contribution >= 4 is 34.1 Å². The zero-order valence-electron chi connectivity index (χ0n) is 21.5. The summed E-state index contributed by atoms with van der Waals surface area (Å²) in [5.74, 6) is -0.711. The summed E-state index contributed by atoms with van der Waals surface area (Å²) in [7, 11) is 1.32. The van der Waals surface area contributed by atoms with E-state index in [1.807, 2.05) is 30.3 Å². The molecule has 0 aliphatic carbocycles. The van der Waals surface area contributed by atoms with Crippen LogP contribution in [0.2, 0.25) is 5.02 Å². The van der Waals surface area contributed by atoms with Crippen LogP contribution in [0.5, 0.6) is 0 Å². The minimum absolute atomic E-state index is 0.00250. The molecule has 5 rings (SSSR count). The molecule has 8 nitrogen and oxygen atoms in total. The molecule has 0 bridgehead atoms. The van der Waals surface area contributed by atoms with Crippen molar-refractivity contribution in [2.45, 2.75) is 33.4 Å². The highest BCUT2D eigenvalue weighted by Gasteiger charge is 2.35. The summed E-state index contributed by atoms with van der Waals surface area (Å²) >= 11 is 6.34. The van der Waals surface area contributed by atoms with E-state index in [4.69, 9.17) is 21.1 Å². The lowest BCUT2D eigenvalue weighted by Gasteiger charge is -2.38. The van der Waals surface area contributed by atoms with Gasteiger partial charge in [0.25, 0.3) is 5.56 Å². The number of benzene rings is 2. The van der Waals surface area contributed by atoms with Crippen LogP contribution in [0.4, 0.5) is 0 Å². The van der Waals surface area contributed by atoms with Crippen LogP contribution in [0, 0.1) is 5.41 Å². The van der Waals surface area contributed by atoms with Gasteiger partial charge in [0.05, 0.1) is 44.8 Å². The largest absolute Gasteiger partial charge is 0.464 e. The van der Waals surface area contributed by atoms with E-state index in [9.17, 15) is 14.4 Å². The second-order valence-corrected chi connectivity index (χ2v) is 10.4. The van der Waals surface area contributed by atoms with Crippen LogP contribution in [-0.4, -0.2) is 46.4 Å². The third kappa shape index (κ3) is 4.66. The Kier molecular flexibility index (Phi) is 6.94. The highest BCUT2D eigenvalue weighted by Crippen LogP contribution is 2.34. The Morgan fingerprint density at radius 2 is 1.84 bits per heavy atom. The summed E-state index contributed by atoms with van der Waals surface area (Å²) in [4.78, 5) is 39.9. The van der Waals surface area contributed by atoms with Crippen LogP contribution in [0.1, 0.15) is 46.9 Å². The Morgan fingerprint density at radius 3 is 2.47 bits per heavy atom. The van der Waals surface area contributed by atoms with E-state index in [2.05, 4.69) is 12.0 Å². The van der Waals surface area contributed by atoms with Crippen molar-refractivity contribution < 1.29 is 19.1 Å². The number of rotatable bonds is 8. The number of aromatic nitrogens is 3. The van der Waals surface area contributed by atoms with Gasteiger partial charge in [0, 0.05) is 27.8 Å². The van der Waals surface area contributed by atoms with Gasteiger partial charge in [-0.15, -0.1) is 0 Å². The summed E-state index contributed by atoms with van der Waals surface area (Å²) in [6.45, 7) is 5.40. The molecule has 2 aromatic heterocycles. The standard InChI is InChI=1S/C29H28ClN3O5/c1-4-24(34)26-25(18-8-6-5-7-9-18)22-12-19(30)10-11-21(22)27(35)32(26)14-20-13-23(28(36)37-3)33(31-20)15-29(2)16-38-17-29/h5-13H,4,14-17H2,1-3H3. The van der Waals surface area contributed by atoms with Gasteiger partial charge in [0.2, 0.25) is 0 Å². The number of carbonyl (C=O) groups excluding carboxylic acids is 2. The molecule has 4 aromatic rings. The Morgan fingerprint density at radius 1 is 1.11 bits per heavy atom. The van der Waals surface area contributed by atoms with Crippen molar-refractivity contribution in [2.75, 3.05) is 20.3 Å². The Labute approximate surface area is 224 Å². The van der Waals surface area contributed by atoms with Gasteiger partial charge in [-0.2, -0.15) is 5.10 Å². The molecular weight excluding hydrogens is 506 g/mol. The zero-order chi connectivity index (χ0) is 27.0. The van der Waals surface area contributed by atoms with Crippen LogP contribution >= 0.6 is 11.6 Å². The van der Waals surface area contributed by atoms with Gasteiger partial charge in [-0.1, -0.05) is 55.8 Å². The van der Waals surface area contributed by atoms with Crippen LogP contribution in [0.25, 0.3) is 21.9 Å². The lowest BCUT2D eigenvalue weighted by Crippen LogP contribution is -2.43. The molecule has 0 radical (unpaired) electrons. The van der Waals surface area contributed by atoms with E-state index >= 15 is 0 Å². The predicted molar refractivity (Wildman–Crippen MR) is 145 cm³/mol. The molecule has 1 aliphatic heterocycles. The van der Waals surface area contributed by atoms with Crippen molar-refractivity contribution in [3.63, 3.8) is 0 Å². The third-order valence-corrected chi connectivity index (χ3v) is 7.09. The van der Waals surface area contributed by atoms with E-state index in [-0.39, 0.29) is 41.1 Å². The maximum Gasteiger partial charge on any atom is 0.356 e. The molecule has 1 aliphatic rings. The number of hydrogen-bond donors (Lipinski definition) is 0. The fraction of sp³-hybridized carbons (Fsp3) is 0.310. The minimum Gasteiger partial charge on any atom is -0.464 e. The highest BCUT2D eigenvalue weighted by atomic mass is 35.5. The Balaban J connectivity index is 1.73. The van der Waals surface area contributed by atoms with Gasteiger partial charge in [0.15, 0.2) is 5.78 Å². The van der Waals surface area contributed by atoms with Gasteiger partial charge >= 0.3 is 5.97 Å². The van der Waals surface area contributed by atoms with Crippen molar-refractivity contribution in [1.82, 2.24) is 14.3 Å². The van der Waals surface area contributed by atoms with Gasteiger partial charge < -0.3 is 9.47 Å². The number of methoxy groups -OCH3 is 1. The van der Waals surface area contributed by atoms with Crippen LogP contribution in [0.3, 0.4) is 0 Å². The number of ether oxygens (including phenoxy) is 2. The number of fused-ring (bicyclic) bond motifs is 1. The molecule has 0 atom stereocenters. The fourth-order valence-electron chi connectivity index (χ4n) is 4.93. The first-order valence-corrected chi connectivity index (χ1v) is 12.8. The van der Waals surface area contributed by atoms with Crippen molar-refractivity contribution in [3.8, 4) is 11.1 Å². The number of hydrogen-bond acceptors (Lipinski definition) is 6. The maximum atomic E-state index is 13.9. The number of esters is 1. The first kappa shape index (κ1) is 25.9.